The van der Waals surface area contributed by atoms with E-state index in [1.165, 1.54) is 5.56 Å². The number of hydrogen-bond donors (Lipinski definition) is 1. The van der Waals surface area contributed by atoms with Crippen LogP contribution in [0.15, 0.2) is 18.3 Å². The third-order valence-corrected chi connectivity index (χ3v) is 3.28. The van der Waals surface area contributed by atoms with Gasteiger partial charge in [-0.25, -0.2) is 4.98 Å². The zero-order valence-electron chi connectivity index (χ0n) is 12.2. The lowest BCUT2D eigenvalue weighted by atomic mass is 10.2. The van der Waals surface area contributed by atoms with Gasteiger partial charge in [0.2, 0.25) is 0 Å². The van der Waals surface area contributed by atoms with Gasteiger partial charge >= 0.3 is 0 Å². The lowest BCUT2D eigenvalue weighted by molar-refractivity contribution is 0.0529. The first-order valence-electron chi connectivity index (χ1n) is 7.18. The Balaban J connectivity index is 2.02. The molecule has 1 aliphatic heterocycles. The van der Waals surface area contributed by atoms with E-state index in [9.17, 15) is 0 Å². The highest BCUT2D eigenvalue weighted by Crippen LogP contribution is 2.19. The highest BCUT2D eigenvalue weighted by Gasteiger charge is 2.19. The van der Waals surface area contributed by atoms with Crippen molar-refractivity contribution in [3.8, 4) is 0 Å². The summed E-state index contributed by atoms with van der Waals surface area (Å²) in [6.07, 6.45) is 2.16. The van der Waals surface area contributed by atoms with Crippen molar-refractivity contribution < 1.29 is 4.74 Å². The van der Waals surface area contributed by atoms with E-state index in [2.05, 4.69) is 42.0 Å². The van der Waals surface area contributed by atoms with Crippen molar-refractivity contribution in [3.05, 3.63) is 23.9 Å². The number of hydrogen-bond acceptors (Lipinski definition) is 4. The van der Waals surface area contributed by atoms with Crippen molar-refractivity contribution in [1.29, 1.82) is 0 Å². The molecule has 1 fully saturated rings. The van der Waals surface area contributed by atoms with Gasteiger partial charge in [-0.2, -0.15) is 0 Å². The molecule has 1 N–H and O–H groups in total. The average Bonchev–Trinajstić information content (AvgIpc) is 2.39. The summed E-state index contributed by atoms with van der Waals surface area (Å²) in [5.41, 5.74) is 1.28. The van der Waals surface area contributed by atoms with E-state index in [0.29, 0.717) is 5.92 Å². The fourth-order valence-corrected chi connectivity index (χ4v) is 2.36. The minimum Gasteiger partial charge on any atom is -0.375 e. The summed E-state index contributed by atoms with van der Waals surface area (Å²) in [5, 5.41) is 3.49. The molecule has 0 bridgehead atoms. The maximum Gasteiger partial charge on any atom is 0.133 e. The first-order chi connectivity index (χ1) is 9.16. The third kappa shape index (κ3) is 4.18. The first kappa shape index (κ1) is 14.3. The van der Waals surface area contributed by atoms with Crippen molar-refractivity contribution in [2.45, 2.75) is 33.4 Å². The summed E-state index contributed by atoms with van der Waals surface area (Å²) in [7, 11) is 0. The second-order valence-corrected chi connectivity index (χ2v) is 5.64. The molecule has 0 aromatic carbocycles. The zero-order chi connectivity index (χ0) is 13.7. The summed E-state index contributed by atoms with van der Waals surface area (Å²) >= 11 is 0. The summed E-state index contributed by atoms with van der Waals surface area (Å²) in [4.78, 5) is 6.90. The third-order valence-electron chi connectivity index (χ3n) is 3.28. The van der Waals surface area contributed by atoms with Gasteiger partial charge in [-0.05, 0) is 25.5 Å². The van der Waals surface area contributed by atoms with E-state index in [0.717, 1.165) is 38.6 Å². The molecule has 19 heavy (non-hydrogen) atoms. The lowest BCUT2D eigenvalue weighted by Crippen LogP contribution is -2.42. The SMILES string of the molecule is CC(C)CNCc1cccnc1N1CCOC(C)C1. The molecule has 1 atom stereocenters. The minimum atomic E-state index is 0.284. The summed E-state index contributed by atoms with van der Waals surface area (Å²) in [6, 6.07) is 4.18. The lowest BCUT2D eigenvalue weighted by Gasteiger charge is -2.33. The Morgan fingerprint density at radius 2 is 2.37 bits per heavy atom. The molecule has 0 amide bonds. The Bertz CT molecular complexity index is 395. The van der Waals surface area contributed by atoms with Crippen LogP contribution in [0, 0.1) is 5.92 Å². The molecule has 0 radical (unpaired) electrons. The number of anilines is 1. The van der Waals surface area contributed by atoms with Crippen LogP contribution in [0.25, 0.3) is 0 Å². The topological polar surface area (TPSA) is 37.4 Å². The predicted octanol–water partition coefficient (Wildman–Crippen LogP) is 2.05. The molecule has 2 heterocycles. The second kappa shape index (κ2) is 6.87. The maximum absolute atomic E-state index is 5.60. The van der Waals surface area contributed by atoms with E-state index in [1.54, 1.807) is 0 Å². The number of aromatic nitrogens is 1. The highest BCUT2D eigenvalue weighted by molar-refractivity contribution is 5.47. The molecule has 1 saturated heterocycles. The van der Waals surface area contributed by atoms with Crippen LogP contribution in [-0.2, 0) is 11.3 Å². The zero-order valence-corrected chi connectivity index (χ0v) is 12.2. The van der Waals surface area contributed by atoms with Crippen LogP contribution in [-0.4, -0.2) is 37.3 Å². The van der Waals surface area contributed by atoms with Crippen LogP contribution in [0.3, 0.4) is 0 Å². The summed E-state index contributed by atoms with van der Waals surface area (Å²) in [5.74, 6) is 1.78. The monoisotopic (exact) mass is 263 g/mol. The Labute approximate surface area is 116 Å². The highest BCUT2D eigenvalue weighted by atomic mass is 16.5. The Hall–Kier alpha value is -1.13. The Kier molecular flexibility index (Phi) is 5.16. The van der Waals surface area contributed by atoms with Gasteiger partial charge in [-0.3, -0.25) is 0 Å². The molecule has 106 valence electrons. The van der Waals surface area contributed by atoms with E-state index >= 15 is 0 Å². The van der Waals surface area contributed by atoms with Gasteiger partial charge < -0.3 is 15.0 Å². The van der Waals surface area contributed by atoms with E-state index < -0.39 is 0 Å². The maximum atomic E-state index is 5.60. The van der Waals surface area contributed by atoms with Crippen LogP contribution >= 0.6 is 0 Å². The van der Waals surface area contributed by atoms with Gasteiger partial charge in [0.05, 0.1) is 12.7 Å². The molecule has 1 unspecified atom stereocenters. The van der Waals surface area contributed by atoms with Crippen molar-refractivity contribution in [1.82, 2.24) is 10.3 Å². The van der Waals surface area contributed by atoms with Crippen LogP contribution in [0.1, 0.15) is 26.3 Å². The first-order valence-corrected chi connectivity index (χ1v) is 7.18. The van der Waals surface area contributed by atoms with Crippen LogP contribution in [0.2, 0.25) is 0 Å². The molecule has 0 spiro atoms. The molecule has 4 nitrogen and oxygen atoms in total. The van der Waals surface area contributed by atoms with E-state index in [1.807, 2.05) is 12.3 Å². The van der Waals surface area contributed by atoms with E-state index in [-0.39, 0.29) is 6.10 Å². The molecule has 1 aliphatic rings. The fraction of sp³-hybridized carbons (Fsp3) is 0.667. The van der Waals surface area contributed by atoms with Crippen molar-refractivity contribution >= 4 is 5.82 Å². The normalized spacial score (nSPS) is 20.0. The number of rotatable bonds is 5. The molecular weight excluding hydrogens is 238 g/mol. The van der Waals surface area contributed by atoms with Gasteiger partial charge in [-0.1, -0.05) is 19.9 Å². The number of pyridine rings is 1. The number of nitrogens with one attached hydrogen (secondary N) is 1. The van der Waals surface area contributed by atoms with Gasteiger partial charge in [0, 0.05) is 31.4 Å². The van der Waals surface area contributed by atoms with Gasteiger partial charge in [0.15, 0.2) is 0 Å². The minimum absolute atomic E-state index is 0.284. The van der Waals surface area contributed by atoms with Crippen LogP contribution in [0.5, 0.6) is 0 Å². The molecule has 4 heteroatoms. The van der Waals surface area contributed by atoms with Crippen molar-refractivity contribution in [2.24, 2.45) is 5.92 Å². The van der Waals surface area contributed by atoms with Gasteiger partial charge in [-0.15, -0.1) is 0 Å². The van der Waals surface area contributed by atoms with Crippen molar-refractivity contribution in [2.75, 3.05) is 31.1 Å². The fourth-order valence-electron chi connectivity index (χ4n) is 2.36. The molecule has 1 aromatic heterocycles. The van der Waals surface area contributed by atoms with Crippen molar-refractivity contribution in [3.63, 3.8) is 0 Å². The smallest absolute Gasteiger partial charge is 0.133 e. The van der Waals surface area contributed by atoms with E-state index in [4.69, 9.17) is 4.74 Å². The van der Waals surface area contributed by atoms with Gasteiger partial charge in [0.1, 0.15) is 5.82 Å². The largest absolute Gasteiger partial charge is 0.375 e. The second-order valence-electron chi connectivity index (χ2n) is 5.64. The summed E-state index contributed by atoms with van der Waals surface area (Å²) < 4.78 is 5.60. The summed E-state index contributed by atoms with van der Waals surface area (Å²) in [6.45, 7) is 11.1. The number of ether oxygens (including phenoxy) is 1. The standard InChI is InChI=1S/C15H25N3O/c1-12(2)9-16-10-14-5-4-6-17-15(14)18-7-8-19-13(3)11-18/h4-6,12-13,16H,7-11H2,1-3H3. The molecular formula is C15H25N3O. The predicted molar refractivity (Wildman–Crippen MR) is 78.4 cm³/mol. The number of morpholine rings is 1. The quantitative estimate of drug-likeness (QED) is 0.882. The van der Waals surface area contributed by atoms with Crippen LogP contribution < -0.4 is 10.2 Å². The molecule has 1 aromatic rings. The average molecular weight is 263 g/mol. The Morgan fingerprint density at radius 1 is 1.53 bits per heavy atom. The molecule has 0 aliphatic carbocycles. The Morgan fingerprint density at radius 3 is 3.11 bits per heavy atom. The number of nitrogens with zero attached hydrogens (tertiary/aromatic N) is 2. The molecule has 0 saturated carbocycles. The van der Waals surface area contributed by atoms with Gasteiger partial charge in [0.25, 0.3) is 0 Å². The van der Waals surface area contributed by atoms with Crippen LogP contribution in [0.4, 0.5) is 5.82 Å². The molecule has 2 rings (SSSR count).